The van der Waals surface area contributed by atoms with Gasteiger partial charge in [0.2, 0.25) is 17.7 Å². The van der Waals surface area contributed by atoms with Gasteiger partial charge in [-0.1, -0.05) is 69.3 Å². The Balaban J connectivity index is 1.51. The minimum absolute atomic E-state index is 0.00404. The van der Waals surface area contributed by atoms with Gasteiger partial charge >= 0.3 is 0 Å². The zero-order valence-corrected chi connectivity index (χ0v) is 22.5. The highest BCUT2D eigenvalue weighted by Crippen LogP contribution is 2.21. The molecule has 0 saturated carbocycles. The first-order chi connectivity index (χ1) is 18.2. The van der Waals surface area contributed by atoms with E-state index in [1.54, 1.807) is 0 Å². The number of aromatic amines is 1. The smallest absolute Gasteiger partial charge is 0.242 e. The topological polar surface area (TPSA) is 104 Å². The van der Waals surface area contributed by atoms with Gasteiger partial charge in [0.1, 0.15) is 6.04 Å². The number of nitrogens with zero attached hydrogens (tertiary/aromatic N) is 1. The van der Waals surface area contributed by atoms with E-state index in [4.69, 9.17) is 4.74 Å². The highest BCUT2D eigenvalue weighted by atomic mass is 16.5. The predicted molar refractivity (Wildman–Crippen MR) is 147 cm³/mol. The number of para-hydroxylation sites is 1. The van der Waals surface area contributed by atoms with Gasteiger partial charge in [-0.15, -0.1) is 0 Å². The van der Waals surface area contributed by atoms with Crippen molar-refractivity contribution in [3.05, 3.63) is 71.9 Å². The number of benzene rings is 2. The van der Waals surface area contributed by atoms with E-state index in [0.717, 1.165) is 22.0 Å². The lowest BCUT2D eigenvalue weighted by Gasteiger charge is -2.31. The second-order valence-corrected chi connectivity index (χ2v) is 10.9. The van der Waals surface area contributed by atoms with Gasteiger partial charge in [-0.05, 0) is 23.6 Å². The number of carbonyl (C=O) groups excluding carboxylic acids is 3. The van der Waals surface area contributed by atoms with Crippen molar-refractivity contribution in [2.75, 3.05) is 32.8 Å². The van der Waals surface area contributed by atoms with E-state index in [0.29, 0.717) is 39.1 Å². The first kappa shape index (κ1) is 27.4. The van der Waals surface area contributed by atoms with Crippen LogP contribution in [0.25, 0.3) is 10.9 Å². The van der Waals surface area contributed by atoms with Crippen LogP contribution in [0.5, 0.6) is 0 Å². The Hall–Kier alpha value is -3.65. The van der Waals surface area contributed by atoms with Gasteiger partial charge in [-0.2, -0.15) is 0 Å². The number of rotatable bonds is 9. The van der Waals surface area contributed by atoms with E-state index >= 15 is 0 Å². The molecule has 2 heterocycles. The molecule has 3 aromatic rings. The van der Waals surface area contributed by atoms with Crippen molar-refractivity contribution in [2.24, 2.45) is 11.3 Å². The molecule has 1 aliphatic rings. The van der Waals surface area contributed by atoms with E-state index in [1.807, 2.05) is 86.5 Å². The molecule has 0 radical (unpaired) electrons. The SMILES string of the molecule is CC(C)(C)C(=O)NC(Cc1c[nH]c2ccccc12)C(=O)NC[C@@H](Cc1ccccc1)C(=O)N1CCOCC1. The van der Waals surface area contributed by atoms with E-state index in [-0.39, 0.29) is 24.3 Å². The number of H-pyrrole nitrogens is 1. The van der Waals surface area contributed by atoms with Crippen LogP contribution >= 0.6 is 0 Å². The average Bonchev–Trinajstić information content (AvgIpc) is 3.33. The number of nitrogens with one attached hydrogen (secondary N) is 3. The van der Waals surface area contributed by atoms with Crippen molar-refractivity contribution >= 4 is 28.6 Å². The van der Waals surface area contributed by atoms with E-state index < -0.39 is 17.4 Å². The van der Waals surface area contributed by atoms with E-state index in [9.17, 15) is 14.4 Å². The fraction of sp³-hybridized carbons (Fsp3) is 0.433. The van der Waals surface area contributed by atoms with Crippen molar-refractivity contribution in [3.63, 3.8) is 0 Å². The van der Waals surface area contributed by atoms with Crippen LogP contribution < -0.4 is 10.6 Å². The molecule has 2 aromatic carbocycles. The summed E-state index contributed by atoms with van der Waals surface area (Å²) in [5.41, 5.74) is 2.30. The maximum absolute atomic E-state index is 13.5. The molecule has 202 valence electrons. The van der Waals surface area contributed by atoms with Crippen LogP contribution in [0.1, 0.15) is 31.9 Å². The summed E-state index contributed by atoms with van der Waals surface area (Å²) in [6.45, 7) is 7.76. The molecule has 1 aliphatic heterocycles. The minimum Gasteiger partial charge on any atom is -0.378 e. The largest absolute Gasteiger partial charge is 0.378 e. The van der Waals surface area contributed by atoms with E-state index in [1.165, 1.54) is 0 Å². The lowest BCUT2D eigenvalue weighted by molar-refractivity contribution is -0.140. The summed E-state index contributed by atoms with van der Waals surface area (Å²) in [5, 5.41) is 6.96. The molecular formula is C30H38N4O4. The van der Waals surface area contributed by atoms with Crippen molar-refractivity contribution in [1.82, 2.24) is 20.5 Å². The zero-order valence-electron chi connectivity index (χ0n) is 22.5. The molecule has 1 unspecified atom stereocenters. The lowest BCUT2D eigenvalue weighted by atomic mass is 9.94. The summed E-state index contributed by atoms with van der Waals surface area (Å²) >= 11 is 0. The monoisotopic (exact) mass is 518 g/mol. The summed E-state index contributed by atoms with van der Waals surface area (Å²) in [4.78, 5) is 44.9. The maximum Gasteiger partial charge on any atom is 0.242 e. The number of morpholine rings is 1. The Kier molecular flexibility index (Phi) is 8.84. The van der Waals surface area contributed by atoms with Crippen LogP contribution in [0.4, 0.5) is 0 Å². The fourth-order valence-electron chi connectivity index (χ4n) is 4.64. The quantitative estimate of drug-likeness (QED) is 0.405. The molecule has 2 atom stereocenters. The molecule has 1 aromatic heterocycles. The van der Waals surface area contributed by atoms with Crippen LogP contribution in [-0.4, -0.2) is 66.5 Å². The number of aromatic nitrogens is 1. The van der Waals surface area contributed by atoms with Gasteiger partial charge in [0.05, 0.1) is 19.1 Å². The van der Waals surface area contributed by atoms with Gasteiger partial charge in [0.25, 0.3) is 0 Å². The van der Waals surface area contributed by atoms with Crippen LogP contribution in [0.3, 0.4) is 0 Å². The molecule has 0 aliphatic carbocycles. The highest BCUT2D eigenvalue weighted by Gasteiger charge is 2.31. The van der Waals surface area contributed by atoms with Crippen LogP contribution in [0, 0.1) is 11.3 Å². The molecule has 0 bridgehead atoms. The van der Waals surface area contributed by atoms with Crippen molar-refractivity contribution in [1.29, 1.82) is 0 Å². The number of hydrogen-bond donors (Lipinski definition) is 3. The zero-order chi connectivity index (χ0) is 27.1. The van der Waals surface area contributed by atoms with Gasteiger partial charge in [-0.25, -0.2) is 0 Å². The van der Waals surface area contributed by atoms with Crippen LogP contribution in [-0.2, 0) is 32.0 Å². The lowest BCUT2D eigenvalue weighted by Crippen LogP contribution is -2.53. The Bertz CT molecular complexity index is 1240. The maximum atomic E-state index is 13.5. The molecule has 0 spiro atoms. The molecule has 1 fully saturated rings. The Morgan fingerprint density at radius 1 is 0.974 bits per heavy atom. The fourth-order valence-corrected chi connectivity index (χ4v) is 4.64. The molecule has 3 amide bonds. The van der Waals surface area contributed by atoms with Gasteiger partial charge in [-0.3, -0.25) is 14.4 Å². The van der Waals surface area contributed by atoms with Gasteiger partial charge in [0.15, 0.2) is 0 Å². The predicted octanol–water partition coefficient (Wildman–Crippen LogP) is 3.08. The molecule has 3 N–H and O–H groups in total. The molecule has 4 rings (SSSR count). The standard InChI is InChI=1S/C30H38N4O4/c1-30(2,3)29(37)33-26(18-22-19-31-25-12-8-7-11-24(22)25)27(35)32-20-23(17-21-9-5-4-6-10-21)28(36)34-13-15-38-16-14-34/h4-12,19,23,26,31H,13-18,20H2,1-3H3,(H,32,35)(H,33,37)/t23-,26?/m1/s1. The minimum atomic E-state index is -0.781. The number of hydrogen-bond acceptors (Lipinski definition) is 4. The third-order valence-corrected chi connectivity index (χ3v) is 6.92. The van der Waals surface area contributed by atoms with Crippen LogP contribution in [0.2, 0.25) is 0 Å². The highest BCUT2D eigenvalue weighted by molar-refractivity contribution is 5.91. The summed E-state index contributed by atoms with van der Waals surface area (Å²) in [5.74, 6) is -0.931. The molecule has 1 saturated heterocycles. The summed E-state index contributed by atoms with van der Waals surface area (Å²) < 4.78 is 5.42. The molecular weight excluding hydrogens is 480 g/mol. The summed E-state index contributed by atoms with van der Waals surface area (Å²) in [6.07, 6.45) is 2.73. The van der Waals surface area contributed by atoms with Crippen molar-refractivity contribution in [2.45, 2.75) is 39.7 Å². The second-order valence-electron chi connectivity index (χ2n) is 10.9. The Morgan fingerprint density at radius 3 is 2.37 bits per heavy atom. The molecule has 8 nitrogen and oxygen atoms in total. The van der Waals surface area contributed by atoms with Crippen molar-refractivity contribution in [3.8, 4) is 0 Å². The van der Waals surface area contributed by atoms with Crippen LogP contribution in [0.15, 0.2) is 60.8 Å². The second kappa shape index (κ2) is 12.3. The van der Waals surface area contributed by atoms with Gasteiger partial charge in [0, 0.05) is 48.6 Å². The molecule has 8 heteroatoms. The normalized spacial score (nSPS) is 15.6. The third-order valence-electron chi connectivity index (χ3n) is 6.92. The van der Waals surface area contributed by atoms with E-state index in [2.05, 4.69) is 15.6 Å². The summed E-state index contributed by atoms with van der Waals surface area (Å²) in [7, 11) is 0. The number of amides is 3. The summed E-state index contributed by atoms with van der Waals surface area (Å²) in [6, 6.07) is 16.9. The van der Waals surface area contributed by atoms with Crippen molar-refractivity contribution < 1.29 is 19.1 Å². The number of ether oxygens (including phenoxy) is 1. The third kappa shape index (κ3) is 7.01. The Morgan fingerprint density at radius 2 is 1.66 bits per heavy atom. The molecule has 38 heavy (non-hydrogen) atoms. The Labute approximate surface area is 224 Å². The number of fused-ring (bicyclic) bond motifs is 1. The number of carbonyl (C=O) groups is 3. The average molecular weight is 519 g/mol. The van der Waals surface area contributed by atoms with Gasteiger partial charge < -0.3 is 25.3 Å². The first-order valence-electron chi connectivity index (χ1n) is 13.3. The first-order valence-corrected chi connectivity index (χ1v) is 13.3.